The molecule has 1 amide bonds. The number of nitrogens with one attached hydrogen (secondary N) is 3. The van der Waals surface area contributed by atoms with Crippen molar-refractivity contribution in [1.29, 1.82) is 0 Å². The zero-order chi connectivity index (χ0) is 13.4. The summed E-state index contributed by atoms with van der Waals surface area (Å²) in [6.07, 6.45) is 1.72. The minimum Gasteiger partial charge on any atom is -0.360 e. The van der Waals surface area contributed by atoms with Crippen molar-refractivity contribution in [2.45, 2.75) is 13.8 Å². The monoisotopic (exact) mass is 254 g/mol. The topological polar surface area (TPSA) is 73.6 Å². The average molecular weight is 254 g/mol. The van der Waals surface area contributed by atoms with Gasteiger partial charge in [0.15, 0.2) is 5.82 Å². The molecule has 0 aliphatic heterocycles. The van der Waals surface area contributed by atoms with Crippen molar-refractivity contribution in [2.24, 2.45) is 0 Å². The Hall–Kier alpha value is -2.56. The molecule has 1 aromatic carbocycles. The summed E-state index contributed by atoms with van der Waals surface area (Å²) in [5.74, 6) is 0.417. The fraction of sp³-hybridized carbons (Fsp3) is 0.143. The molecule has 5 nitrogen and oxygen atoms in total. The number of amides is 1. The van der Waals surface area contributed by atoms with Crippen molar-refractivity contribution < 1.29 is 4.79 Å². The first-order valence-corrected chi connectivity index (χ1v) is 6.06. The Morgan fingerprint density at radius 1 is 1.26 bits per heavy atom. The predicted octanol–water partition coefficient (Wildman–Crippen LogP) is 2.76. The summed E-state index contributed by atoms with van der Waals surface area (Å²) >= 11 is 0. The van der Waals surface area contributed by atoms with E-state index in [1.807, 2.05) is 38.1 Å². The van der Waals surface area contributed by atoms with Crippen LogP contribution < -0.4 is 5.32 Å². The van der Waals surface area contributed by atoms with Gasteiger partial charge in [0, 0.05) is 28.4 Å². The number of aromatic nitrogens is 3. The number of hydrogen-bond donors (Lipinski definition) is 3. The lowest BCUT2D eigenvalue weighted by molar-refractivity contribution is 0.102. The molecule has 0 aliphatic carbocycles. The number of para-hydroxylation sites is 1. The first-order valence-electron chi connectivity index (χ1n) is 6.06. The van der Waals surface area contributed by atoms with Gasteiger partial charge >= 0.3 is 0 Å². The smallest absolute Gasteiger partial charge is 0.259 e. The van der Waals surface area contributed by atoms with Gasteiger partial charge < -0.3 is 10.3 Å². The number of H-pyrrole nitrogens is 2. The number of carbonyl (C=O) groups is 1. The summed E-state index contributed by atoms with van der Waals surface area (Å²) in [4.78, 5) is 15.4. The summed E-state index contributed by atoms with van der Waals surface area (Å²) in [5, 5.41) is 10.7. The van der Waals surface area contributed by atoms with E-state index in [2.05, 4.69) is 20.5 Å². The lowest BCUT2D eigenvalue weighted by atomic mass is 10.1. The van der Waals surface area contributed by atoms with E-state index in [1.165, 1.54) is 0 Å². The molecule has 2 aromatic heterocycles. The third kappa shape index (κ3) is 1.89. The Labute approximate surface area is 110 Å². The number of aromatic amines is 2. The Morgan fingerprint density at radius 2 is 2.05 bits per heavy atom. The Kier molecular flexibility index (Phi) is 2.59. The highest BCUT2D eigenvalue weighted by Gasteiger charge is 2.14. The van der Waals surface area contributed by atoms with E-state index in [0.29, 0.717) is 11.4 Å². The molecule has 0 bridgehead atoms. The molecule has 0 unspecified atom stereocenters. The van der Waals surface area contributed by atoms with Crippen molar-refractivity contribution in [3.63, 3.8) is 0 Å². The molecule has 19 heavy (non-hydrogen) atoms. The highest BCUT2D eigenvalue weighted by Crippen LogP contribution is 2.20. The van der Waals surface area contributed by atoms with Crippen molar-refractivity contribution in [3.8, 4) is 0 Å². The minimum absolute atomic E-state index is 0.160. The number of anilines is 1. The lowest BCUT2D eigenvalue weighted by Crippen LogP contribution is -2.12. The molecule has 2 heterocycles. The molecule has 0 fully saturated rings. The zero-order valence-electron chi connectivity index (χ0n) is 10.7. The SMILES string of the molecule is Cc1[nH]nc(NC(=O)c2c[nH]c3ccccc23)c1C. The standard InChI is InChI=1S/C14H14N4O/c1-8-9(2)17-18-13(8)16-14(19)11-7-15-12-6-4-3-5-10(11)12/h3-7,15H,1-2H3,(H2,16,17,18,19). The number of aryl methyl sites for hydroxylation is 1. The van der Waals surface area contributed by atoms with Crippen LogP contribution in [0.25, 0.3) is 10.9 Å². The highest BCUT2D eigenvalue weighted by molar-refractivity contribution is 6.12. The van der Waals surface area contributed by atoms with Gasteiger partial charge in [-0.3, -0.25) is 9.89 Å². The van der Waals surface area contributed by atoms with E-state index in [4.69, 9.17) is 0 Å². The summed E-state index contributed by atoms with van der Waals surface area (Å²) < 4.78 is 0. The molecular weight excluding hydrogens is 240 g/mol. The van der Waals surface area contributed by atoms with Crippen LogP contribution in [0.15, 0.2) is 30.5 Å². The molecular formula is C14H14N4O. The maximum absolute atomic E-state index is 12.3. The van der Waals surface area contributed by atoms with Gasteiger partial charge in [0.1, 0.15) is 0 Å². The summed E-state index contributed by atoms with van der Waals surface area (Å²) in [7, 11) is 0. The summed E-state index contributed by atoms with van der Waals surface area (Å²) in [6.45, 7) is 3.84. The number of nitrogens with zero attached hydrogens (tertiary/aromatic N) is 1. The van der Waals surface area contributed by atoms with Gasteiger partial charge in [-0.1, -0.05) is 18.2 Å². The Bertz CT molecular complexity index is 754. The second kappa shape index (κ2) is 4.28. The summed E-state index contributed by atoms with van der Waals surface area (Å²) in [5.41, 5.74) is 3.47. The molecule has 0 saturated carbocycles. The maximum atomic E-state index is 12.3. The van der Waals surface area contributed by atoms with Crippen molar-refractivity contribution in [3.05, 3.63) is 47.3 Å². The van der Waals surface area contributed by atoms with Crippen LogP contribution in [0.5, 0.6) is 0 Å². The van der Waals surface area contributed by atoms with E-state index in [1.54, 1.807) is 6.20 Å². The number of benzene rings is 1. The largest absolute Gasteiger partial charge is 0.360 e. The van der Waals surface area contributed by atoms with E-state index in [-0.39, 0.29) is 5.91 Å². The summed E-state index contributed by atoms with van der Waals surface area (Å²) in [6, 6.07) is 7.71. The third-order valence-electron chi connectivity index (χ3n) is 3.32. The molecule has 5 heteroatoms. The van der Waals surface area contributed by atoms with Crippen LogP contribution in [0.2, 0.25) is 0 Å². The normalized spacial score (nSPS) is 10.8. The molecule has 3 rings (SSSR count). The van der Waals surface area contributed by atoms with Crippen LogP contribution in [-0.4, -0.2) is 21.1 Å². The van der Waals surface area contributed by atoms with Gasteiger partial charge in [-0.15, -0.1) is 0 Å². The number of fused-ring (bicyclic) bond motifs is 1. The van der Waals surface area contributed by atoms with E-state index < -0.39 is 0 Å². The minimum atomic E-state index is -0.160. The Morgan fingerprint density at radius 3 is 2.79 bits per heavy atom. The van der Waals surface area contributed by atoms with Gasteiger partial charge in [0.05, 0.1) is 5.56 Å². The fourth-order valence-electron chi connectivity index (χ4n) is 2.04. The molecule has 0 atom stereocenters. The van der Waals surface area contributed by atoms with Gasteiger partial charge in [0.2, 0.25) is 0 Å². The van der Waals surface area contributed by atoms with Crippen LogP contribution in [0.3, 0.4) is 0 Å². The fourth-order valence-corrected chi connectivity index (χ4v) is 2.04. The number of rotatable bonds is 2. The van der Waals surface area contributed by atoms with Crippen LogP contribution in [0, 0.1) is 13.8 Å². The van der Waals surface area contributed by atoms with Gasteiger partial charge in [-0.05, 0) is 19.9 Å². The first kappa shape index (κ1) is 11.5. The third-order valence-corrected chi connectivity index (χ3v) is 3.32. The van der Waals surface area contributed by atoms with Crippen LogP contribution >= 0.6 is 0 Å². The van der Waals surface area contributed by atoms with E-state index in [0.717, 1.165) is 22.2 Å². The molecule has 3 aromatic rings. The maximum Gasteiger partial charge on any atom is 0.259 e. The second-order valence-electron chi connectivity index (χ2n) is 4.52. The van der Waals surface area contributed by atoms with E-state index in [9.17, 15) is 4.79 Å². The average Bonchev–Trinajstić information content (AvgIpc) is 2.97. The molecule has 0 radical (unpaired) electrons. The van der Waals surface area contributed by atoms with Crippen molar-refractivity contribution >= 4 is 22.6 Å². The Balaban J connectivity index is 1.94. The lowest BCUT2D eigenvalue weighted by Gasteiger charge is -2.02. The highest BCUT2D eigenvalue weighted by atomic mass is 16.1. The molecule has 0 aliphatic rings. The van der Waals surface area contributed by atoms with Crippen LogP contribution in [-0.2, 0) is 0 Å². The van der Waals surface area contributed by atoms with Crippen LogP contribution in [0.4, 0.5) is 5.82 Å². The van der Waals surface area contributed by atoms with E-state index >= 15 is 0 Å². The first-order chi connectivity index (χ1) is 9.16. The van der Waals surface area contributed by atoms with Gasteiger partial charge in [-0.25, -0.2) is 0 Å². The van der Waals surface area contributed by atoms with Crippen molar-refractivity contribution in [1.82, 2.24) is 15.2 Å². The number of carbonyl (C=O) groups excluding carboxylic acids is 1. The van der Waals surface area contributed by atoms with Gasteiger partial charge in [0.25, 0.3) is 5.91 Å². The molecule has 0 saturated heterocycles. The second-order valence-corrected chi connectivity index (χ2v) is 4.52. The zero-order valence-corrected chi connectivity index (χ0v) is 10.7. The molecule has 3 N–H and O–H groups in total. The molecule has 0 spiro atoms. The van der Waals surface area contributed by atoms with Crippen LogP contribution in [0.1, 0.15) is 21.6 Å². The quantitative estimate of drug-likeness (QED) is 0.658. The van der Waals surface area contributed by atoms with Crippen molar-refractivity contribution in [2.75, 3.05) is 5.32 Å². The predicted molar refractivity (Wildman–Crippen MR) is 74.3 cm³/mol. The number of hydrogen-bond acceptors (Lipinski definition) is 2. The van der Waals surface area contributed by atoms with Gasteiger partial charge in [-0.2, -0.15) is 5.10 Å². The molecule has 96 valence electrons.